The van der Waals surface area contributed by atoms with Crippen LogP contribution in [0.2, 0.25) is 0 Å². The molecule has 0 N–H and O–H groups in total. The van der Waals surface area contributed by atoms with Gasteiger partial charge in [0.1, 0.15) is 11.4 Å². The van der Waals surface area contributed by atoms with E-state index < -0.39 is 5.60 Å². The first-order valence-electron chi connectivity index (χ1n) is 6.64. The summed E-state index contributed by atoms with van der Waals surface area (Å²) in [7, 11) is 1.62. The molecule has 2 unspecified atom stereocenters. The van der Waals surface area contributed by atoms with Gasteiger partial charge in [-0.25, -0.2) is 0 Å². The second-order valence-corrected chi connectivity index (χ2v) is 5.84. The molecule has 4 heteroatoms. The van der Waals surface area contributed by atoms with Crippen molar-refractivity contribution in [3.8, 4) is 0 Å². The summed E-state index contributed by atoms with van der Waals surface area (Å²) >= 11 is 9.85. The highest BCUT2D eigenvalue weighted by Gasteiger charge is 2.35. The summed E-state index contributed by atoms with van der Waals surface area (Å²) in [5.41, 5.74) is 1.62. The molecule has 2 rings (SSSR count). The molecular weight excluding hydrogens is 352 g/mol. The van der Waals surface area contributed by atoms with Crippen molar-refractivity contribution in [1.29, 1.82) is 0 Å². The third kappa shape index (κ3) is 3.79. The molecule has 0 radical (unpaired) electrons. The van der Waals surface area contributed by atoms with Gasteiger partial charge in [-0.05, 0) is 29.4 Å². The minimum absolute atomic E-state index is 0.350. The van der Waals surface area contributed by atoms with Gasteiger partial charge >= 0.3 is 0 Å². The standard InChI is InChI=1S/C17H18BrClO2/c1-3-17(9-8-15(20-2)10-16(17)19)21-12-14-6-4-13(11-18)5-7-14/h3-10,16H,1,11-12H2,2H3. The first-order chi connectivity index (χ1) is 10.1. The topological polar surface area (TPSA) is 18.5 Å². The summed E-state index contributed by atoms with van der Waals surface area (Å²) in [6.45, 7) is 4.33. The van der Waals surface area contributed by atoms with Gasteiger partial charge in [0.25, 0.3) is 0 Å². The second-order valence-electron chi connectivity index (χ2n) is 4.80. The molecule has 1 aliphatic carbocycles. The monoisotopic (exact) mass is 368 g/mol. The smallest absolute Gasteiger partial charge is 0.125 e. The van der Waals surface area contributed by atoms with Crippen molar-refractivity contribution in [2.75, 3.05) is 7.11 Å². The number of rotatable bonds is 6. The van der Waals surface area contributed by atoms with Crippen LogP contribution in [0.4, 0.5) is 0 Å². The zero-order valence-electron chi connectivity index (χ0n) is 11.9. The van der Waals surface area contributed by atoms with E-state index in [4.69, 9.17) is 21.1 Å². The SMILES string of the molecule is C=CC1(OCc2ccc(CBr)cc2)C=CC(OC)=CC1Cl. The lowest BCUT2D eigenvalue weighted by molar-refractivity contribution is 0.0176. The fourth-order valence-electron chi connectivity index (χ4n) is 2.07. The van der Waals surface area contributed by atoms with Crippen molar-refractivity contribution in [2.24, 2.45) is 0 Å². The normalized spacial score (nSPS) is 24.5. The van der Waals surface area contributed by atoms with Crippen LogP contribution < -0.4 is 0 Å². The quantitative estimate of drug-likeness (QED) is 0.533. The maximum absolute atomic E-state index is 6.42. The molecule has 0 bridgehead atoms. The number of benzene rings is 1. The van der Waals surface area contributed by atoms with Crippen LogP contribution in [0.15, 0.2) is 60.9 Å². The molecule has 0 aromatic heterocycles. The third-order valence-corrected chi connectivity index (χ3v) is 4.59. The van der Waals surface area contributed by atoms with E-state index in [9.17, 15) is 0 Å². The van der Waals surface area contributed by atoms with E-state index in [0.29, 0.717) is 6.61 Å². The predicted molar refractivity (Wildman–Crippen MR) is 90.7 cm³/mol. The largest absolute Gasteiger partial charge is 0.497 e. The summed E-state index contributed by atoms with van der Waals surface area (Å²) in [4.78, 5) is 0. The first kappa shape index (κ1) is 16.3. The summed E-state index contributed by atoms with van der Waals surface area (Å²) in [6.07, 6.45) is 7.31. The number of methoxy groups -OCH3 is 1. The van der Waals surface area contributed by atoms with Crippen molar-refractivity contribution < 1.29 is 9.47 Å². The van der Waals surface area contributed by atoms with Gasteiger partial charge in [0.2, 0.25) is 0 Å². The number of halogens is 2. The lowest BCUT2D eigenvalue weighted by atomic mass is 9.93. The number of hydrogen-bond donors (Lipinski definition) is 0. The molecule has 0 aliphatic heterocycles. The number of ether oxygens (including phenoxy) is 2. The Morgan fingerprint density at radius 3 is 2.52 bits per heavy atom. The van der Waals surface area contributed by atoms with Crippen molar-refractivity contribution in [2.45, 2.75) is 22.9 Å². The van der Waals surface area contributed by atoms with Gasteiger partial charge in [0.15, 0.2) is 0 Å². The predicted octanol–water partition coefficient (Wildman–Crippen LogP) is 4.73. The number of allylic oxidation sites excluding steroid dienone is 1. The van der Waals surface area contributed by atoms with Crippen LogP contribution in [0.3, 0.4) is 0 Å². The molecule has 1 aromatic rings. The highest BCUT2D eigenvalue weighted by atomic mass is 79.9. The van der Waals surface area contributed by atoms with E-state index in [2.05, 4.69) is 46.8 Å². The van der Waals surface area contributed by atoms with E-state index in [-0.39, 0.29) is 5.38 Å². The molecule has 2 nitrogen and oxygen atoms in total. The van der Waals surface area contributed by atoms with Crippen LogP contribution in [0, 0.1) is 0 Å². The van der Waals surface area contributed by atoms with Crippen LogP contribution in [0.5, 0.6) is 0 Å². The second kappa shape index (κ2) is 7.30. The Kier molecular flexibility index (Phi) is 5.68. The van der Waals surface area contributed by atoms with Crippen LogP contribution in [-0.4, -0.2) is 18.1 Å². The van der Waals surface area contributed by atoms with Crippen LogP contribution in [0.1, 0.15) is 11.1 Å². The molecule has 1 aromatic carbocycles. The Morgan fingerprint density at radius 2 is 2.00 bits per heavy atom. The molecule has 112 valence electrons. The van der Waals surface area contributed by atoms with Crippen LogP contribution >= 0.6 is 27.5 Å². The summed E-state index contributed by atoms with van der Waals surface area (Å²) in [6, 6.07) is 8.26. The summed E-state index contributed by atoms with van der Waals surface area (Å²) in [5, 5.41) is 0.499. The molecule has 0 saturated heterocycles. The molecule has 0 fully saturated rings. The first-order valence-corrected chi connectivity index (χ1v) is 8.20. The molecule has 1 aliphatic rings. The number of hydrogen-bond acceptors (Lipinski definition) is 2. The lowest BCUT2D eigenvalue weighted by Crippen LogP contribution is -2.38. The maximum atomic E-state index is 6.42. The highest BCUT2D eigenvalue weighted by Crippen LogP contribution is 2.32. The maximum Gasteiger partial charge on any atom is 0.125 e. The van der Waals surface area contributed by atoms with Gasteiger partial charge in [0.05, 0.1) is 19.1 Å². The van der Waals surface area contributed by atoms with Crippen molar-refractivity contribution >= 4 is 27.5 Å². The minimum atomic E-state index is -0.711. The molecule has 0 spiro atoms. The Hall–Kier alpha value is -1.03. The Labute approximate surface area is 139 Å². The molecule has 2 atom stereocenters. The zero-order chi connectivity index (χ0) is 15.3. The molecule has 21 heavy (non-hydrogen) atoms. The van der Waals surface area contributed by atoms with Gasteiger partial charge in [-0.3, -0.25) is 0 Å². The van der Waals surface area contributed by atoms with Gasteiger partial charge in [-0.15, -0.1) is 11.6 Å². The molecule has 0 amide bonds. The van der Waals surface area contributed by atoms with E-state index in [1.807, 2.05) is 18.2 Å². The third-order valence-electron chi connectivity index (χ3n) is 3.47. The average Bonchev–Trinajstić information content (AvgIpc) is 2.54. The van der Waals surface area contributed by atoms with Crippen molar-refractivity contribution in [3.63, 3.8) is 0 Å². The fourth-order valence-corrected chi connectivity index (χ4v) is 2.79. The van der Waals surface area contributed by atoms with Gasteiger partial charge in [-0.2, -0.15) is 0 Å². The Morgan fingerprint density at radius 1 is 1.33 bits per heavy atom. The van der Waals surface area contributed by atoms with E-state index in [0.717, 1.165) is 16.7 Å². The Bertz CT molecular complexity index is 550. The minimum Gasteiger partial charge on any atom is -0.497 e. The average molecular weight is 370 g/mol. The zero-order valence-corrected chi connectivity index (χ0v) is 14.2. The molecular formula is C17H18BrClO2. The van der Waals surface area contributed by atoms with Crippen molar-refractivity contribution in [3.05, 3.63) is 72.0 Å². The van der Waals surface area contributed by atoms with Gasteiger partial charge < -0.3 is 9.47 Å². The summed E-state index contributed by atoms with van der Waals surface area (Å²) < 4.78 is 11.2. The highest BCUT2D eigenvalue weighted by molar-refractivity contribution is 9.08. The number of alkyl halides is 2. The fraction of sp³-hybridized carbons (Fsp3) is 0.294. The Balaban J connectivity index is 2.07. The molecule has 0 heterocycles. The van der Waals surface area contributed by atoms with E-state index >= 15 is 0 Å². The van der Waals surface area contributed by atoms with Crippen molar-refractivity contribution in [1.82, 2.24) is 0 Å². The van der Waals surface area contributed by atoms with Crippen LogP contribution in [0.25, 0.3) is 0 Å². The molecule has 0 saturated carbocycles. The van der Waals surface area contributed by atoms with Crippen LogP contribution in [-0.2, 0) is 21.4 Å². The lowest BCUT2D eigenvalue weighted by Gasteiger charge is -2.33. The summed E-state index contributed by atoms with van der Waals surface area (Å²) in [5.74, 6) is 0.734. The van der Waals surface area contributed by atoms with Gasteiger partial charge in [0, 0.05) is 5.33 Å². The van der Waals surface area contributed by atoms with E-state index in [1.54, 1.807) is 13.2 Å². The van der Waals surface area contributed by atoms with E-state index in [1.165, 1.54) is 5.56 Å². The van der Waals surface area contributed by atoms with Gasteiger partial charge in [-0.1, -0.05) is 52.9 Å².